The van der Waals surface area contributed by atoms with E-state index in [-0.39, 0.29) is 5.91 Å². The molecule has 0 aromatic heterocycles. The molecule has 3 aromatic carbocycles. The average Bonchev–Trinajstić information content (AvgIpc) is 2.75. The van der Waals surface area contributed by atoms with E-state index in [4.69, 9.17) is 4.74 Å². The fourth-order valence-corrected chi connectivity index (χ4v) is 4.75. The van der Waals surface area contributed by atoms with Crippen molar-refractivity contribution in [1.29, 1.82) is 0 Å². The van der Waals surface area contributed by atoms with Crippen LogP contribution in [0.5, 0.6) is 5.75 Å². The first-order valence-corrected chi connectivity index (χ1v) is 11.6. The molecule has 0 saturated carbocycles. The molecule has 0 aliphatic heterocycles. The predicted molar refractivity (Wildman–Crippen MR) is 120 cm³/mol. The van der Waals surface area contributed by atoms with Crippen LogP contribution in [0.15, 0.2) is 66.7 Å². The number of amides is 1. The normalized spacial score (nSPS) is 12.4. The van der Waals surface area contributed by atoms with E-state index >= 15 is 0 Å². The number of nitrogens with one attached hydrogen (secondary N) is 1. The summed E-state index contributed by atoms with van der Waals surface area (Å²) in [7, 11) is -2.14. The zero-order chi connectivity index (χ0) is 21.7. The summed E-state index contributed by atoms with van der Waals surface area (Å²) < 4.78 is 31.4. The van der Waals surface area contributed by atoms with Crippen molar-refractivity contribution in [1.82, 2.24) is 5.32 Å². The number of ether oxygens (including phenoxy) is 1. The smallest absolute Gasteiger partial charge is 0.244 e. The Labute approximate surface area is 177 Å². The molecule has 3 rings (SSSR count). The summed E-state index contributed by atoms with van der Waals surface area (Å²) >= 11 is 0. The van der Waals surface area contributed by atoms with E-state index in [0.717, 1.165) is 22.6 Å². The summed E-state index contributed by atoms with van der Waals surface area (Å²) in [6.45, 7) is 2.11. The van der Waals surface area contributed by atoms with E-state index in [1.54, 1.807) is 38.3 Å². The van der Waals surface area contributed by atoms with Crippen LogP contribution in [0.2, 0.25) is 0 Å². The van der Waals surface area contributed by atoms with Gasteiger partial charge in [0.1, 0.15) is 11.8 Å². The third-order valence-corrected chi connectivity index (χ3v) is 6.17. The molecule has 7 heteroatoms. The second-order valence-corrected chi connectivity index (χ2v) is 8.90. The monoisotopic (exact) mass is 426 g/mol. The van der Waals surface area contributed by atoms with Crippen molar-refractivity contribution in [3.63, 3.8) is 0 Å². The highest BCUT2D eigenvalue weighted by Crippen LogP contribution is 2.25. The summed E-state index contributed by atoms with van der Waals surface area (Å²) in [5.41, 5.74) is 1.40. The highest BCUT2D eigenvalue weighted by Gasteiger charge is 2.31. The molecule has 0 radical (unpaired) electrons. The lowest BCUT2D eigenvalue weighted by atomic mass is 10.0. The molecule has 0 heterocycles. The quantitative estimate of drug-likeness (QED) is 0.596. The van der Waals surface area contributed by atoms with Crippen molar-refractivity contribution < 1.29 is 17.9 Å². The summed E-state index contributed by atoms with van der Waals surface area (Å²) in [6, 6.07) is 19.6. The Bertz CT molecular complexity index is 1120. The van der Waals surface area contributed by atoms with Gasteiger partial charge < -0.3 is 10.1 Å². The standard InChI is InChI=1S/C23H26N2O4S/c1-4-22(25(30(3,27)28)19-12-14-20(29-2)15-13-19)23(26)24-16-18-10-7-9-17-8-5-6-11-21(17)18/h5-15,22H,4,16H2,1-3H3,(H,24,26). The molecular formula is C23H26N2O4S. The number of carbonyl (C=O) groups is 1. The van der Waals surface area contributed by atoms with Gasteiger partial charge in [-0.1, -0.05) is 49.4 Å². The van der Waals surface area contributed by atoms with Gasteiger partial charge in [-0.3, -0.25) is 9.10 Å². The highest BCUT2D eigenvalue weighted by molar-refractivity contribution is 7.92. The van der Waals surface area contributed by atoms with Crippen molar-refractivity contribution in [3.05, 3.63) is 72.3 Å². The van der Waals surface area contributed by atoms with E-state index in [1.807, 2.05) is 42.5 Å². The first kappa shape index (κ1) is 21.6. The summed E-state index contributed by atoms with van der Waals surface area (Å²) in [5.74, 6) is 0.271. The van der Waals surface area contributed by atoms with Crippen molar-refractivity contribution in [2.45, 2.75) is 25.9 Å². The maximum Gasteiger partial charge on any atom is 0.244 e. The van der Waals surface area contributed by atoms with E-state index in [2.05, 4.69) is 5.32 Å². The van der Waals surface area contributed by atoms with Gasteiger partial charge in [0.25, 0.3) is 0 Å². The van der Waals surface area contributed by atoms with Gasteiger partial charge in [-0.15, -0.1) is 0 Å². The fraction of sp³-hybridized carbons (Fsp3) is 0.261. The molecule has 0 bridgehead atoms. The molecule has 158 valence electrons. The van der Waals surface area contributed by atoms with Gasteiger partial charge in [-0.2, -0.15) is 0 Å². The van der Waals surface area contributed by atoms with Crippen LogP contribution in [0.1, 0.15) is 18.9 Å². The predicted octanol–water partition coefficient (Wildman–Crippen LogP) is 3.71. The van der Waals surface area contributed by atoms with Crippen LogP contribution >= 0.6 is 0 Å². The lowest BCUT2D eigenvalue weighted by Gasteiger charge is -2.30. The number of anilines is 1. The minimum absolute atomic E-state index is 0.316. The molecular weight excluding hydrogens is 400 g/mol. The van der Waals surface area contributed by atoms with Crippen molar-refractivity contribution in [2.24, 2.45) is 0 Å². The summed E-state index contributed by atoms with van der Waals surface area (Å²) in [5, 5.41) is 5.07. The molecule has 0 aliphatic carbocycles. The number of hydrogen-bond donors (Lipinski definition) is 1. The van der Waals surface area contributed by atoms with Gasteiger partial charge in [0.05, 0.1) is 19.1 Å². The highest BCUT2D eigenvalue weighted by atomic mass is 32.2. The molecule has 1 unspecified atom stereocenters. The number of nitrogens with zero attached hydrogens (tertiary/aromatic N) is 1. The van der Waals surface area contributed by atoms with E-state index in [0.29, 0.717) is 24.4 Å². The van der Waals surface area contributed by atoms with Crippen LogP contribution in [0.25, 0.3) is 10.8 Å². The van der Waals surface area contributed by atoms with Gasteiger partial charge in [-0.05, 0) is 47.0 Å². The minimum Gasteiger partial charge on any atom is -0.497 e. The Kier molecular flexibility index (Phi) is 6.62. The van der Waals surface area contributed by atoms with Gasteiger partial charge in [0.2, 0.25) is 15.9 Å². The first-order chi connectivity index (χ1) is 14.3. The van der Waals surface area contributed by atoms with Crippen LogP contribution < -0.4 is 14.4 Å². The molecule has 3 aromatic rings. The van der Waals surface area contributed by atoms with Crippen LogP contribution in [0.3, 0.4) is 0 Å². The van der Waals surface area contributed by atoms with E-state index in [9.17, 15) is 13.2 Å². The maximum atomic E-state index is 13.0. The number of methoxy groups -OCH3 is 1. The van der Waals surface area contributed by atoms with Crippen molar-refractivity contribution in [3.8, 4) is 5.75 Å². The number of fused-ring (bicyclic) bond motifs is 1. The Morgan fingerprint density at radius 1 is 1.03 bits per heavy atom. The number of rotatable bonds is 8. The van der Waals surface area contributed by atoms with Gasteiger partial charge in [-0.25, -0.2) is 8.42 Å². The molecule has 1 amide bonds. The van der Waals surface area contributed by atoms with E-state index < -0.39 is 16.1 Å². The summed E-state index contributed by atoms with van der Waals surface area (Å²) in [6.07, 6.45) is 1.44. The number of carbonyl (C=O) groups excluding carboxylic acids is 1. The van der Waals surface area contributed by atoms with Gasteiger partial charge >= 0.3 is 0 Å². The van der Waals surface area contributed by atoms with Gasteiger partial charge in [0, 0.05) is 6.54 Å². The molecule has 0 spiro atoms. The molecule has 6 nitrogen and oxygen atoms in total. The molecule has 1 atom stereocenters. The van der Waals surface area contributed by atoms with Crippen molar-refractivity contribution in [2.75, 3.05) is 17.7 Å². The zero-order valence-electron chi connectivity index (χ0n) is 17.3. The Morgan fingerprint density at radius 2 is 1.70 bits per heavy atom. The molecule has 0 aliphatic rings. The SMILES string of the molecule is CCC(C(=O)NCc1cccc2ccccc12)N(c1ccc(OC)cc1)S(C)(=O)=O. The lowest BCUT2D eigenvalue weighted by molar-refractivity contribution is -0.122. The average molecular weight is 427 g/mol. The molecule has 0 fully saturated rings. The van der Waals surface area contributed by atoms with Gasteiger partial charge in [0.15, 0.2) is 0 Å². The van der Waals surface area contributed by atoms with E-state index in [1.165, 1.54) is 4.31 Å². The third-order valence-electron chi connectivity index (χ3n) is 4.99. The Morgan fingerprint density at radius 3 is 2.33 bits per heavy atom. The zero-order valence-corrected chi connectivity index (χ0v) is 18.1. The van der Waals surface area contributed by atoms with Crippen LogP contribution in [-0.4, -0.2) is 33.7 Å². The lowest BCUT2D eigenvalue weighted by Crippen LogP contribution is -2.49. The van der Waals surface area contributed by atoms with Crippen LogP contribution in [0.4, 0.5) is 5.69 Å². The maximum absolute atomic E-state index is 13.0. The number of sulfonamides is 1. The van der Waals surface area contributed by atoms with Crippen LogP contribution in [0, 0.1) is 0 Å². The third kappa shape index (κ3) is 4.74. The molecule has 1 N–H and O–H groups in total. The Balaban J connectivity index is 1.85. The molecule has 30 heavy (non-hydrogen) atoms. The number of hydrogen-bond acceptors (Lipinski definition) is 4. The fourth-order valence-electron chi connectivity index (χ4n) is 3.54. The second kappa shape index (κ2) is 9.17. The molecule has 0 saturated heterocycles. The minimum atomic E-state index is -3.68. The summed E-state index contributed by atoms with van der Waals surface area (Å²) in [4.78, 5) is 13.0. The first-order valence-electron chi connectivity index (χ1n) is 9.73. The topological polar surface area (TPSA) is 75.7 Å². The second-order valence-electron chi connectivity index (χ2n) is 7.04. The largest absolute Gasteiger partial charge is 0.497 e. The van der Waals surface area contributed by atoms with Crippen molar-refractivity contribution >= 4 is 32.4 Å². The van der Waals surface area contributed by atoms with Crippen LogP contribution in [-0.2, 0) is 21.4 Å². The Hall–Kier alpha value is -3.06. The number of benzene rings is 3.